The molecule has 5 nitrogen and oxygen atoms in total. The first-order valence-electron chi connectivity index (χ1n) is 5.64. The van der Waals surface area contributed by atoms with Crippen molar-refractivity contribution in [3.05, 3.63) is 45.9 Å². The monoisotopic (exact) mass is 342 g/mol. The van der Waals surface area contributed by atoms with Crippen molar-refractivity contribution in [2.45, 2.75) is 6.10 Å². The van der Waals surface area contributed by atoms with Crippen molar-refractivity contribution >= 4 is 15.9 Å². The minimum Gasteiger partial charge on any atom is -0.480 e. The zero-order valence-corrected chi connectivity index (χ0v) is 12.4. The fraction of sp³-hybridized carbons (Fsp3) is 0.231. The fourth-order valence-corrected chi connectivity index (χ4v) is 2.24. The van der Waals surface area contributed by atoms with Crippen LogP contribution in [0.1, 0.15) is 17.4 Å². The lowest BCUT2D eigenvalue weighted by atomic mass is 10.1. The lowest BCUT2D eigenvalue weighted by Crippen LogP contribution is -2.08. The minimum absolute atomic E-state index is 0.146. The summed E-state index contributed by atoms with van der Waals surface area (Å²) in [5.74, 6) is 0.0182. The van der Waals surface area contributed by atoms with E-state index >= 15 is 0 Å². The second-order valence-corrected chi connectivity index (χ2v) is 4.73. The van der Waals surface area contributed by atoms with Crippen LogP contribution in [0, 0.1) is 5.82 Å². The van der Waals surface area contributed by atoms with Gasteiger partial charge in [0.05, 0.1) is 20.4 Å². The predicted molar refractivity (Wildman–Crippen MR) is 73.3 cm³/mol. The van der Waals surface area contributed by atoms with Gasteiger partial charge in [0.15, 0.2) is 0 Å². The number of benzene rings is 1. The van der Waals surface area contributed by atoms with Gasteiger partial charge in [0.25, 0.3) is 0 Å². The van der Waals surface area contributed by atoms with Crippen molar-refractivity contribution < 1.29 is 19.0 Å². The SMILES string of the molecule is COc1cnc(C(O)c2ccc(F)cc2Br)c(OC)n1. The van der Waals surface area contributed by atoms with Crippen molar-refractivity contribution in [3.8, 4) is 11.8 Å². The molecule has 0 amide bonds. The van der Waals surface area contributed by atoms with Gasteiger partial charge in [-0.25, -0.2) is 9.37 Å². The van der Waals surface area contributed by atoms with Crippen molar-refractivity contribution in [3.63, 3.8) is 0 Å². The number of hydrogen-bond acceptors (Lipinski definition) is 5. The summed E-state index contributed by atoms with van der Waals surface area (Å²) < 4.78 is 23.5. The smallest absolute Gasteiger partial charge is 0.241 e. The molecule has 0 aliphatic rings. The Hall–Kier alpha value is -1.73. The molecule has 0 spiro atoms. The van der Waals surface area contributed by atoms with Crippen LogP contribution < -0.4 is 9.47 Å². The van der Waals surface area contributed by atoms with Crippen LogP contribution in [-0.2, 0) is 0 Å². The quantitative estimate of drug-likeness (QED) is 0.924. The van der Waals surface area contributed by atoms with Gasteiger partial charge in [-0.3, -0.25) is 0 Å². The van der Waals surface area contributed by atoms with E-state index in [1.807, 2.05) is 0 Å². The van der Waals surface area contributed by atoms with Crippen LogP contribution in [0.2, 0.25) is 0 Å². The highest BCUT2D eigenvalue weighted by molar-refractivity contribution is 9.10. The molecule has 20 heavy (non-hydrogen) atoms. The predicted octanol–water partition coefficient (Wildman–Crippen LogP) is 2.48. The number of hydrogen-bond donors (Lipinski definition) is 1. The van der Waals surface area contributed by atoms with E-state index in [4.69, 9.17) is 9.47 Å². The number of halogens is 2. The average Bonchev–Trinajstić information content (AvgIpc) is 2.46. The number of methoxy groups -OCH3 is 2. The zero-order chi connectivity index (χ0) is 14.7. The fourth-order valence-electron chi connectivity index (χ4n) is 1.67. The Morgan fingerprint density at radius 2 is 2.05 bits per heavy atom. The van der Waals surface area contributed by atoms with Crippen molar-refractivity contribution in [1.82, 2.24) is 9.97 Å². The maximum Gasteiger partial charge on any atom is 0.241 e. The molecule has 2 rings (SSSR count). The number of aliphatic hydroxyl groups excluding tert-OH is 1. The molecule has 1 N–H and O–H groups in total. The molecule has 0 saturated heterocycles. The first kappa shape index (κ1) is 14.7. The molecule has 1 aromatic heterocycles. The van der Waals surface area contributed by atoms with E-state index in [0.29, 0.717) is 10.0 Å². The van der Waals surface area contributed by atoms with Gasteiger partial charge in [0.1, 0.15) is 17.6 Å². The molecule has 1 unspecified atom stereocenters. The molecular formula is C13H12BrFN2O3. The third kappa shape index (κ3) is 2.88. The molecule has 1 aromatic carbocycles. The highest BCUT2D eigenvalue weighted by atomic mass is 79.9. The van der Waals surface area contributed by atoms with E-state index in [2.05, 4.69) is 25.9 Å². The summed E-state index contributed by atoms with van der Waals surface area (Å²) in [6.07, 6.45) is 0.275. The molecule has 0 aliphatic heterocycles. The van der Waals surface area contributed by atoms with Crippen molar-refractivity contribution in [2.24, 2.45) is 0 Å². The Morgan fingerprint density at radius 3 is 2.65 bits per heavy atom. The van der Waals surface area contributed by atoms with E-state index in [-0.39, 0.29) is 17.5 Å². The third-order valence-electron chi connectivity index (χ3n) is 2.66. The number of aliphatic hydroxyl groups is 1. The molecular weight excluding hydrogens is 331 g/mol. The molecule has 2 aromatic rings. The molecule has 0 aliphatic carbocycles. The molecule has 0 fully saturated rings. The van der Waals surface area contributed by atoms with Gasteiger partial charge in [0.2, 0.25) is 11.8 Å². The van der Waals surface area contributed by atoms with E-state index in [1.54, 1.807) is 0 Å². The summed E-state index contributed by atoms with van der Waals surface area (Å²) in [6, 6.07) is 3.99. The van der Waals surface area contributed by atoms with Gasteiger partial charge in [0, 0.05) is 10.0 Å². The first-order chi connectivity index (χ1) is 9.56. The second-order valence-electron chi connectivity index (χ2n) is 3.88. The summed E-state index contributed by atoms with van der Waals surface area (Å²) >= 11 is 3.21. The Labute approximate surface area is 123 Å². The molecule has 0 radical (unpaired) electrons. The van der Waals surface area contributed by atoms with Gasteiger partial charge in [-0.05, 0) is 12.1 Å². The Kier molecular flexibility index (Phi) is 4.51. The zero-order valence-electron chi connectivity index (χ0n) is 10.8. The largest absolute Gasteiger partial charge is 0.480 e. The molecule has 1 heterocycles. The van der Waals surface area contributed by atoms with E-state index in [0.717, 1.165) is 0 Å². The van der Waals surface area contributed by atoms with Gasteiger partial charge in [-0.15, -0.1) is 0 Å². The number of aromatic nitrogens is 2. The van der Waals surface area contributed by atoms with Gasteiger partial charge in [-0.1, -0.05) is 22.0 Å². The highest BCUT2D eigenvalue weighted by Crippen LogP contribution is 2.32. The van der Waals surface area contributed by atoms with Crippen LogP contribution in [0.5, 0.6) is 11.8 Å². The number of ether oxygens (including phenoxy) is 2. The van der Waals surface area contributed by atoms with Gasteiger partial charge >= 0.3 is 0 Å². The van der Waals surface area contributed by atoms with Crippen LogP contribution >= 0.6 is 15.9 Å². The van der Waals surface area contributed by atoms with Crippen LogP contribution in [0.3, 0.4) is 0 Å². The lowest BCUT2D eigenvalue weighted by Gasteiger charge is -2.15. The van der Waals surface area contributed by atoms with Crippen molar-refractivity contribution in [1.29, 1.82) is 0 Å². The van der Waals surface area contributed by atoms with Gasteiger partial charge in [-0.2, -0.15) is 4.98 Å². The van der Waals surface area contributed by atoms with Crippen molar-refractivity contribution in [2.75, 3.05) is 14.2 Å². The maximum absolute atomic E-state index is 13.1. The van der Waals surface area contributed by atoms with E-state index in [9.17, 15) is 9.50 Å². The lowest BCUT2D eigenvalue weighted by molar-refractivity contribution is 0.206. The third-order valence-corrected chi connectivity index (χ3v) is 3.35. The van der Waals surface area contributed by atoms with Crippen LogP contribution in [0.15, 0.2) is 28.9 Å². The summed E-state index contributed by atoms with van der Waals surface area (Å²) in [4.78, 5) is 8.13. The summed E-state index contributed by atoms with van der Waals surface area (Å²) in [6.45, 7) is 0. The topological polar surface area (TPSA) is 64.5 Å². The van der Waals surface area contributed by atoms with E-state index in [1.165, 1.54) is 38.6 Å². The standard InChI is InChI=1S/C13H12BrFN2O3/c1-19-10-6-16-11(13(17-10)20-2)12(18)8-4-3-7(15)5-9(8)14/h3-6,12,18H,1-2H3. The van der Waals surface area contributed by atoms with Crippen LogP contribution in [0.4, 0.5) is 4.39 Å². The summed E-state index contributed by atoms with van der Waals surface area (Å²) in [5.41, 5.74) is 0.685. The average molecular weight is 343 g/mol. The Balaban J connectivity index is 2.44. The molecule has 1 atom stereocenters. The van der Waals surface area contributed by atoms with Crippen LogP contribution in [-0.4, -0.2) is 29.3 Å². The number of nitrogens with zero attached hydrogens (tertiary/aromatic N) is 2. The Bertz CT molecular complexity index is 625. The molecule has 0 saturated carbocycles. The molecule has 0 bridgehead atoms. The summed E-state index contributed by atoms with van der Waals surface area (Å²) in [7, 11) is 2.87. The molecule has 7 heteroatoms. The Morgan fingerprint density at radius 1 is 1.30 bits per heavy atom. The summed E-state index contributed by atoms with van der Waals surface area (Å²) in [5, 5.41) is 10.4. The minimum atomic E-state index is -1.10. The van der Waals surface area contributed by atoms with Crippen LogP contribution in [0.25, 0.3) is 0 Å². The molecule has 106 valence electrons. The van der Waals surface area contributed by atoms with E-state index < -0.39 is 11.9 Å². The number of rotatable bonds is 4. The highest BCUT2D eigenvalue weighted by Gasteiger charge is 2.21. The normalized spacial score (nSPS) is 12.1. The maximum atomic E-state index is 13.1. The van der Waals surface area contributed by atoms with Gasteiger partial charge < -0.3 is 14.6 Å². The second kappa shape index (κ2) is 6.15. The first-order valence-corrected chi connectivity index (χ1v) is 6.44.